The fraction of sp³-hybridized carbons (Fsp3) is 0.538. The van der Waals surface area contributed by atoms with Gasteiger partial charge < -0.3 is 10.4 Å². The van der Waals surface area contributed by atoms with Crippen LogP contribution in [0.5, 0.6) is 0 Å². The monoisotopic (exact) mass is 269 g/mol. The predicted octanol–water partition coefficient (Wildman–Crippen LogP) is 2.68. The van der Waals surface area contributed by atoms with Gasteiger partial charge in [-0.2, -0.15) is 0 Å². The molecule has 4 nitrogen and oxygen atoms in total. The van der Waals surface area contributed by atoms with Crippen molar-refractivity contribution in [2.75, 3.05) is 0 Å². The van der Waals surface area contributed by atoms with Gasteiger partial charge in [0.15, 0.2) is 0 Å². The summed E-state index contributed by atoms with van der Waals surface area (Å²) in [6, 6.07) is 3.76. The van der Waals surface area contributed by atoms with Gasteiger partial charge in [0.25, 0.3) is 5.91 Å². The van der Waals surface area contributed by atoms with Crippen molar-refractivity contribution in [1.29, 1.82) is 0 Å². The van der Waals surface area contributed by atoms with Crippen molar-refractivity contribution in [3.63, 3.8) is 0 Å². The van der Waals surface area contributed by atoms with Gasteiger partial charge >= 0.3 is 5.97 Å². The standard InChI is InChI=1S/C13H19NO3S/c1-4-9-5-6-10(18-9)12(17)14-13(2,3)8-7-11(15)16/h5-6H,4,7-8H2,1-3H3,(H,14,17)(H,15,16). The number of aryl methyl sites for hydroxylation is 1. The molecule has 0 aromatic carbocycles. The number of rotatable bonds is 6. The van der Waals surface area contributed by atoms with Gasteiger partial charge in [-0.15, -0.1) is 11.3 Å². The normalized spacial score (nSPS) is 11.3. The summed E-state index contributed by atoms with van der Waals surface area (Å²) in [5, 5.41) is 11.5. The maximum absolute atomic E-state index is 12.0. The molecule has 0 saturated heterocycles. The van der Waals surface area contributed by atoms with Crippen LogP contribution in [0.3, 0.4) is 0 Å². The zero-order chi connectivity index (χ0) is 13.8. The number of thiophene rings is 1. The third kappa shape index (κ3) is 4.49. The first-order valence-electron chi connectivity index (χ1n) is 5.97. The van der Waals surface area contributed by atoms with Gasteiger partial charge in [0, 0.05) is 16.8 Å². The molecule has 0 spiro atoms. The highest BCUT2D eigenvalue weighted by molar-refractivity contribution is 7.14. The van der Waals surface area contributed by atoms with E-state index < -0.39 is 11.5 Å². The van der Waals surface area contributed by atoms with Gasteiger partial charge in [-0.25, -0.2) is 0 Å². The van der Waals surface area contributed by atoms with Crippen LogP contribution >= 0.6 is 11.3 Å². The predicted molar refractivity (Wildman–Crippen MR) is 72.1 cm³/mol. The molecule has 100 valence electrons. The van der Waals surface area contributed by atoms with Crippen LogP contribution in [-0.2, 0) is 11.2 Å². The van der Waals surface area contributed by atoms with E-state index in [0.717, 1.165) is 6.42 Å². The Bertz CT molecular complexity index is 437. The van der Waals surface area contributed by atoms with Crippen molar-refractivity contribution < 1.29 is 14.7 Å². The van der Waals surface area contributed by atoms with E-state index in [-0.39, 0.29) is 12.3 Å². The quantitative estimate of drug-likeness (QED) is 0.834. The number of nitrogens with one attached hydrogen (secondary N) is 1. The average molecular weight is 269 g/mol. The molecule has 1 amide bonds. The summed E-state index contributed by atoms with van der Waals surface area (Å²) in [5.41, 5.74) is -0.508. The van der Waals surface area contributed by atoms with Gasteiger partial charge in [-0.1, -0.05) is 6.92 Å². The third-order valence-electron chi connectivity index (χ3n) is 2.65. The second-order valence-corrected chi connectivity index (χ2v) is 6.02. The van der Waals surface area contributed by atoms with Crippen molar-refractivity contribution in [3.05, 3.63) is 21.9 Å². The number of carboxylic acids is 1. The molecule has 0 atom stereocenters. The van der Waals surface area contributed by atoms with E-state index in [1.165, 1.54) is 16.2 Å². The minimum atomic E-state index is -0.846. The van der Waals surface area contributed by atoms with Crippen molar-refractivity contribution >= 4 is 23.2 Å². The summed E-state index contributed by atoms with van der Waals surface area (Å²) in [6.45, 7) is 5.72. The Balaban J connectivity index is 2.60. The lowest BCUT2D eigenvalue weighted by Crippen LogP contribution is -2.43. The summed E-state index contributed by atoms with van der Waals surface area (Å²) in [6.07, 6.45) is 1.39. The summed E-state index contributed by atoms with van der Waals surface area (Å²) in [4.78, 5) is 24.4. The van der Waals surface area contributed by atoms with Crippen molar-refractivity contribution in [2.45, 2.75) is 45.6 Å². The highest BCUT2D eigenvalue weighted by Crippen LogP contribution is 2.19. The van der Waals surface area contributed by atoms with Crippen LogP contribution in [0.15, 0.2) is 12.1 Å². The number of hydrogen-bond donors (Lipinski definition) is 2. The molecule has 0 aliphatic heterocycles. The highest BCUT2D eigenvalue weighted by atomic mass is 32.1. The molecule has 2 N–H and O–H groups in total. The summed E-state index contributed by atoms with van der Waals surface area (Å²) < 4.78 is 0. The maximum Gasteiger partial charge on any atom is 0.303 e. The molecule has 0 aliphatic carbocycles. The second-order valence-electron chi connectivity index (χ2n) is 4.85. The van der Waals surface area contributed by atoms with Gasteiger partial charge in [-0.05, 0) is 38.8 Å². The van der Waals surface area contributed by atoms with Gasteiger partial charge in [0.1, 0.15) is 0 Å². The number of aliphatic carboxylic acids is 1. The number of carbonyl (C=O) groups excluding carboxylic acids is 1. The molecule has 0 saturated carbocycles. The van der Waals surface area contributed by atoms with Crippen molar-refractivity contribution in [2.24, 2.45) is 0 Å². The van der Waals surface area contributed by atoms with Crippen LogP contribution in [0.1, 0.15) is 48.2 Å². The Kier molecular flexibility index (Phi) is 4.90. The number of carbonyl (C=O) groups is 2. The van der Waals surface area contributed by atoms with Crippen molar-refractivity contribution in [1.82, 2.24) is 5.32 Å². The van der Waals surface area contributed by atoms with Gasteiger partial charge in [-0.3, -0.25) is 9.59 Å². The van der Waals surface area contributed by atoms with Crippen LogP contribution in [0.25, 0.3) is 0 Å². The molecule has 0 aliphatic rings. The lowest BCUT2D eigenvalue weighted by molar-refractivity contribution is -0.137. The zero-order valence-electron chi connectivity index (χ0n) is 10.9. The first kappa shape index (κ1) is 14.7. The molecule has 1 rings (SSSR count). The molecule has 0 fully saturated rings. The maximum atomic E-state index is 12.0. The van der Waals surface area contributed by atoms with E-state index in [1.54, 1.807) is 0 Å². The van der Waals surface area contributed by atoms with E-state index in [1.807, 2.05) is 32.9 Å². The van der Waals surface area contributed by atoms with Crippen LogP contribution in [0.4, 0.5) is 0 Å². The fourth-order valence-corrected chi connectivity index (χ4v) is 2.38. The zero-order valence-corrected chi connectivity index (χ0v) is 11.8. The molecule has 0 bridgehead atoms. The van der Waals surface area contributed by atoms with Crippen LogP contribution < -0.4 is 5.32 Å². The molecule has 18 heavy (non-hydrogen) atoms. The SMILES string of the molecule is CCc1ccc(C(=O)NC(C)(C)CCC(=O)O)s1. The first-order chi connectivity index (χ1) is 8.34. The van der Waals surface area contributed by atoms with Crippen LogP contribution in [0.2, 0.25) is 0 Å². The van der Waals surface area contributed by atoms with E-state index in [0.29, 0.717) is 11.3 Å². The minimum absolute atomic E-state index is 0.0535. The molecule has 1 aromatic rings. The molecule has 0 unspecified atom stereocenters. The molecule has 1 aromatic heterocycles. The van der Waals surface area contributed by atoms with Gasteiger partial charge in [0.2, 0.25) is 0 Å². The summed E-state index contributed by atoms with van der Waals surface area (Å²) in [5.74, 6) is -0.975. The van der Waals surface area contributed by atoms with E-state index in [2.05, 4.69) is 5.32 Å². The summed E-state index contributed by atoms with van der Waals surface area (Å²) >= 11 is 1.48. The molecule has 0 radical (unpaired) electrons. The lowest BCUT2D eigenvalue weighted by atomic mass is 9.98. The van der Waals surface area contributed by atoms with E-state index >= 15 is 0 Å². The van der Waals surface area contributed by atoms with E-state index in [4.69, 9.17) is 5.11 Å². The largest absolute Gasteiger partial charge is 0.481 e. The fourth-order valence-electron chi connectivity index (χ4n) is 1.54. The highest BCUT2D eigenvalue weighted by Gasteiger charge is 2.22. The topological polar surface area (TPSA) is 66.4 Å². The second kappa shape index (κ2) is 6.00. The number of carboxylic acid groups (broad SMARTS) is 1. The Morgan fingerprint density at radius 2 is 2.06 bits per heavy atom. The average Bonchev–Trinajstić information content (AvgIpc) is 2.74. The number of hydrogen-bond acceptors (Lipinski definition) is 3. The van der Waals surface area contributed by atoms with Crippen molar-refractivity contribution in [3.8, 4) is 0 Å². The first-order valence-corrected chi connectivity index (χ1v) is 6.79. The smallest absolute Gasteiger partial charge is 0.303 e. The van der Waals surface area contributed by atoms with Crippen LogP contribution in [-0.4, -0.2) is 22.5 Å². The third-order valence-corrected chi connectivity index (χ3v) is 3.88. The molecule has 1 heterocycles. The Morgan fingerprint density at radius 3 is 2.56 bits per heavy atom. The van der Waals surface area contributed by atoms with E-state index in [9.17, 15) is 9.59 Å². The lowest BCUT2D eigenvalue weighted by Gasteiger charge is -2.25. The molecular weight excluding hydrogens is 250 g/mol. The molecule has 5 heteroatoms. The Morgan fingerprint density at radius 1 is 1.39 bits per heavy atom. The molecular formula is C13H19NO3S. The number of amides is 1. The summed E-state index contributed by atoms with van der Waals surface area (Å²) in [7, 11) is 0. The Hall–Kier alpha value is -1.36. The Labute approximate surface area is 111 Å². The van der Waals surface area contributed by atoms with Crippen LogP contribution in [0, 0.1) is 0 Å². The van der Waals surface area contributed by atoms with Gasteiger partial charge in [0.05, 0.1) is 4.88 Å². The minimum Gasteiger partial charge on any atom is -0.481 e.